The SMILES string of the molecule is Cn1nccc1C(=O)N(CC(O)c1ccc(F)cc1)C1CC1. The molecule has 5 nitrogen and oxygen atoms in total. The van der Waals surface area contributed by atoms with Gasteiger partial charge in [0.2, 0.25) is 0 Å². The van der Waals surface area contributed by atoms with E-state index in [1.165, 1.54) is 16.8 Å². The summed E-state index contributed by atoms with van der Waals surface area (Å²) in [7, 11) is 1.72. The molecular weight excluding hydrogens is 285 g/mol. The van der Waals surface area contributed by atoms with Crippen molar-refractivity contribution in [3.63, 3.8) is 0 Å². The van der Waals surface area contributed by atoms with Crippen molar-refractivity contribution in [2.45, 2.75) is 25.0 Å². The third kappa shape index (κ3) is 3.01. The maximum atomic E-state index is 13.0. The quantitative estimate of drug-likeness (QED) is 0.918. The molecule has 3 rings (SSSR count). The van der Waals surface area contributed by atoms with Crippen LogP contribution in [0.1, 0.15) is 35.0 Å². The lowest BCUT2D eigenvalue weighted by Gasteiger charge is -2.25. The minimum absolute atomic E-state index is 0.135. The van der Waals surface area contributed by atoms with Crippen molar-refractivity contribution in [2.75, 3.05) is 6.54 Å². The molecule has 2 aromatic rings. The van der Waals surface area contributed by atoms with E-state index in [1.807, 2.05) is 0 Å². The molecule has 1 aromatic heterocycles. The highest BCUT2D eigenvalue weighted by molar-refractivity contribution is 5.93. The third-order valence-corrected chi connectivity index (χ3v) is 3.91. The highest BCUT2D eigenvalue weighted by atomic mass is 19.1. The van der Waals surface area contributed by atoms with Gasteiger partial charge in [-0.05, 0) is 36.6 Å². The van der Waals surface area contributed by atoms with E-state index in [0.29, 0.717) is 11.3 Å². The number of nitrogens with zero attached hydrogens (tertiary/aromatic N) is 3. The van der Waals surface area contributed by atoms with E-state index in [-0.39, 0.29) is 24.3 Å². The fourth-order valence-corrected chi connectivity index (χ4v) is 2.49. The molecule has 1 amide bonds. The minimum Gasteiger partial charge on any atom is -0.387 e. The molecule has 0 aliphatic heterocycles. The van der Waals surface area contributed by atoms with Crippen molar-refractivity contribution in [1.29, 1.82) is 0 Å². The summed E-state index contributed by atoms with van der Waals surface area (Å²) in [6.45, 7) is 0.195. The van der Waals surface area contributed by atoms with Gasteiger partial charge in [-0.2, -0.15) is 5.10 Å². The van der Waals surface area contributed by atoms with Gasteiger partial charge in [0.15, 0.2) is 0 Å². The van der Waals surface area contributed by atoms with Crippen LogP contribution < -0.4 is 0 Å². The fraction of sp³-hybridized carbons (Fsp3) is 0.375. The molecular formula is C16H18FN3O2. The first-order chi connectivity index (χ1) is 10.6. The van der Waals surface area contributed by atoms with Crippen LogP contribution in [0, 0.1) is 5.82 Å². The van der Waals surface area contributed by atoms with E-state index >= 15 is 0 Å². The van der Waals surface area contributed by atoms with Crippen LogP contribution in [-0.4, -0.2) is 38.3 Å². The number of amides is 1. The monoisotopic (exact) mass is 303 g/mol. The van der Waals surface area contributed by atoms with Gasteiger partial charge in [0.1, 0.15) is 11.5 Å². The molecule has 1 unspecified atom stereocenters. The lowest BCUT2D eigenvalue weighted by atomic mass is 10.1. The Kier molecular flexibility index (Phi) is 3.94. The third-order valence-electron chi connectivity index (χ3n) is 3.91. The number of carbonyl (C=O) groups excluding carboxylic acids is 1. The number of hydrogen-bond acceptors (Lipinski definition) is 3. The summed E-state index contributed by atoms with van der Waals surface area (Å²) in [5, 5.41) is 14.3. The molecule has 1 heterocycles. The lowest BCUT2D eigenvalue weighted by molar-refractivity contribution is 0.0593. The average Bonchev–Trinajstić information content (AvgIpc) is 3.26. The van der Waals surface area contributed by atoms with Crippen molar-refractivity contribution in [3.8, 4) is 0 Å². The number of hydrogen-bond donors (Lipinski definition) is 1. The maximum absolute atomic E-state index is 13.0. The number of rotatable bonds is 5. The second-order valence-corrected chi connectivity index (χ2v) is 5.60. The number of benzene rings is 1. The molecule has 1 fully saturated rings. The molecule has 22 heavy (non-hydrogen) atoms. The van der Waals surface area contributed by atoms with E-state index in [4.69, 9.17) is 0 Å². The summed E-state index contributed by atoms with van der Waals surface area (Å²) in [6.07, 6.45) is 2.63. The van der Waals surface area contributed by atoms with Crippen LogP contribution in [0.15, 0.2) is 36.5 Å². The van der Waals surface area contributed by atoms with Gasteiger partial charge in [0.25, 0.3) is 5.91 Å². The Morgan fingerprint density at radius 1 is 1.41 bits per heavy atom. The van der Waals surface area contributed by atoms with Gasteiger partial charge < -0.3 is 10.0 Å². The second-order valence-electron chi connectivity index (χ2n) is 5.60. The Balaban J connectivity index is 1.76. The Bertz CT molecular complexity index is 664. The number of halogens is 1. The van der Waals surface area contributed by atoms with Gasteiger partial charge in [0, 0.05) is 19.3 Å². The molecule has 1 aliphatic rings. The zero-order valence-electron chi connectivity index (χ0n) is 12.3. The van der Waals surface area contributed by atoms with E-state index in [1.54, 1.807) is 36.3 Å². The number of aliphatic hydroxyl groups is 1. The summed E-state index contributed by atoms with van der Waals surface area (Å²) in [5.74, 6) is -0.482. The molecule has 116 valence electrons. The van der Waals surface area contributed by atoms with Crippen molar-refractivity contribution in [1.82, 2.24) is 14.7 Å². The first-order valence-corrected chi connectivity index (χ1v) is 7.29. The Hall–Kier alpha value is -2.21. The summed E-state index contributed by atoms with van der Waals surface area (Å²) >= 11 is 0. The van der Waals surface area contributed by atoms with Crippen LogP contribution in [0.5, 0.6) is 0 Å². The number of aryl methyl sites for hydroxylation is 1. The molecule has 1 atom stereocenters. The van der Waals surface area contributed by atoms with Crippen LogP contribution in [0.25, 0.3) is 0 Å². The minimum atomic E-state index is -0.835. The van der Waals surface area contributed by atoms with Gasteiger partial charge >= 0.3 is 0 Å². The van der Waals surface area contributed by atoms with Gasteiger partial charge in [-0.15, -0.1) is 0 Å². The van der Waals surface area contributed by atoms with E-state index in [9.17, 15) is 14.3 Å². The summed E-state index contributed by atoms with van der Waals surface area (Å²) in [4.78, 5) is 14.3. The maximum Gasteiger partial charge on any atom is 0.272 e. The standard InChI is InChI=1S/C16H18FN3O2/c1-19-14(8-9-18-19)16(22)20(13-6-7-13)10-15(21)11-2-4-12(17)5-3-11/h2-5,8-9,13,15,21H,6-7,10H2,1H3. The molecule has 1 aromatic carbocycles. The molecule has 6 heteroatoms. The normalized spacial score (nSPS) is 15.6. The van der Waals surface area contributed by atoms with E-state index in [2.05, 4.69) is 5.10 Å². The van der Waals surface area contributed by atoms with Crippen LogP contribution in [0.4, 0.5) is 4.39 Å². The second kappa shape index (κ2) is 5.88. The largest absolute Gasteiger partial charge is 0.387 e. The predicted octanol–water partition coefficient (Wildman–Crippen LogP) is 1.90. The van der Waals surface area contributed by atoms with Gasteiger partial charge in [-0.25, -0.2) is 4.39 Å². The first-order valence-electron chi connectivity index (χ1n) is 7.29. The zero-order valence-corrected chi connectivity index (χ0v) is 12.3. The average molecular weight is 303 g/mol. The highest BCUT2D eigenvalue weighted by Crippen LogP contribution is 2.30. The molecule has 0 radical (unpaired) electrons. The molecule has 1 aliphatic carbocycles. The molecule has 1 saturated carbocycles. The van der Waals surface area contributed by atoms with Crippen LogP contribution in [-0.2, 0) is 7.05 Å². The van der Waals surface area contributed by atoms with Crippen LogP contribution >= 0.6 is 0 Å². The zero-order chi connectivity index (χ0) is 15.7. The Morgan fingerprint density at radius 2 is 2.09 bits per heavy atom. The molecule has 1 N–H and O–H groups in total. The summed E-state index contributed by atoms with van der Waals surface area (Å²) in [6, 6.07) is 7.53. The summed E-state index contributed by atoms with van der Waals surface area (Å²) in [5.41, 5.74) is 1.10. The van der Waals surface area contributed by atoms with Crippen LogP contribution in [0.3, 0.4) is 0 Å². The highest BCUT2D eigenvalue weighted by Gasteiger charge is 2.35. The predicted molar refractivity (Wildman–Crippen MR) is 78.6 cm³/mol. The molecule has 0 bridgehead atoms. The van der Waals surface area contributed by atoms with Crippen LogP contribution in [0.2, 0.25) is 0 Å². The van der Waals surface area contributed by atoms with E-state index in [0.717, 1.165) is 12.8 Å². The van der Waals surface area contributed by atoms with Crippen molar-refractivity contribution in [2.24, 2.45) is 7.05 Å². The smallest absolute Gasteiger partial charge is 0.272 e. The fourth-order valence-electron chi connectivity index (χ4n) is 2.49. The van der Waals surface area contributed by atoms with Crippen molar-refractivity contribution < 1.29 is 14.3 Å². The number of aromatic nitrogens is 2. The first kappa shape index (κ1) is 14.7. The molecule has 0 spiro atoms. The van der Waals surface area contributed by atoms with Gasteiger partial charge in [-0.1, -0.05) is 12.1 Å². The summed E-state index contributed by atoms with van der Waals surface area (Å²) < 4.78 is 14.5. The number of carbonyl (C=O) groups is 1. The number of aliphatic hydroxyl groups excluding tert-OH is 1. The van der Waals surface area contributed by atoms with Crippen molar-refractivity contribution >= 4 is 5.91 Å². The topological polar surface area (TPSA) is 58.4 Å². The van der Waals surface area contributed by atoms with Gasteiger partial charge in [0.05, 0.1) is 12.6 Å². The Labute approximate surface area is 128 Å². The molecule has 0 saturated heterocycles. The van der Waals surface area contributed by atoms with Crippen molar-refractivity contribution in [3.05, 3.63) is 53.6 Å². The Morgan fingerprint density at radius 3 is 2.64 bits per heavy atom. The van der Waals surface area contributed by atoms with E-state index < -0.39 is 6.10 Å². The lowest BCUT2D eigenvalue weighted by Crippen LogP contribution is -2.37. The van der Waals surface area contributed by atoms with Gasteiger partial charge in [-0.3, -0.25) is 9.48 Å².